The van der Waals surface area contributed by atoms with Crippen LogP contribution in [0.5, 0.6) is 0 Å². The molecule has 1 aliphatic rings. The van der Waals surface area contributed by atoms with Crippen molar-refractivity contribution in [1.29, 1.82) is 0 Å². The molecular formula is C8H12N4OS2. The van der Waals surface area contributed by atoms with Crippen molar-refractivity contribution in [3.8, 4) is 0 Å². The standard InChI is InChI=1S/C8H12N4OS2/c1-5-10-8(15-11-5)12-2-3-13-6(4-12)7(9)14/h6H,2-4H2,1H3,(H2,9,14). The van der Waals surface area contributed by atoms with Crippen LogP contribution in [0.1, 0.15) is 5.82 Å². The Morgan fingerprint density at radius 2 is 2.53 bits per heavy atom. The third kappa shape index (κ3) is 2.42. The van der Waals surface area contributed by atoms with E-state index in [9.17, 15) is 0 Å². The van der Waals surface area contributed by atoms with Gasteiger partial charge in [0.25, 0.3) is 0 Å². The zero-order valence-electron chi connectivity index (χ0n) is 8.34. The van der Waals surface area contributed by atoms with Crippen molar-refractivity contribution >= 4 is 33.9 Å². The van der Waals surface area contributed by atoms with Crippen LogP contribution < -0.4 is 10.6 Å². The molecule has 2 N–H and O–H groups in total. The average Bonchev–Trinajstić information content (AvgIpc) is 2.65. The van der Waals surface area contributed by atoms with Crippen LogP contribution in [-0.2, 0) is 4.74 Å². The molecule has 0 amide bonds. The maximum absolute atomic E-state index is 5.56. The number of thiocarbonyl (C=S) groups is 1. The van der Waals surface area contributed by atoms with Gasteiger partial charge in [-0.3, -0.25) is 0 Å². The summed E-state index contributed by atoms with van der Waals surface area (Å²) >= 11 is 6.31. The molecule has 5 nitrogen and oxygen atoms in total. The van der Waals surface area contributed by atoms with Gasteiger partial charge in [-0.2, -0.15) is 4.37 Å². The third-order valence-corrected chi connectivity index (χ3v) is 3.30. The molecule has 0 aliphatic carbocycles. The summed E-state index contributed by atoms with van der Waals surface area (Å²) in [4.78, 5) is 6.83. The molecule has 1 aromatic heterocycles. The fraction of sp³-hybridized carbons (Fsp3) is 0.625. The minimum absolute atomic E-state index is 0.169. The second kappa shape index (κ2) is 4.38. The number of hydrogen-bond acceptors (Lipinski definition) is 6. The van der Waals surface area contributed by atoms with Gasteiger partial charge < -0.3 is 15.4 Å². The molecule has 1 atom stereocenters. The lowest BCUT2D eigenvalue weighted by molar-refractivity contribution is 0.0847. The van der Waals surface area contributed by atoms with Crippen LogP contribution in [0, 0.1) is 6.92 Å². The lowest BCUT2D eigenvalue weighted by atomic mass is 10.3. The first-order valence-electron chi connectivity index (χ1n) is 4.63. The van der Waals surface area contributed by atoms with Crippen LogP contribution in [0.4, 0.5) is 5.13 Å². The van der Waals surface area contributed by atoms with E-state index in [0.29, 0.717) is 18.1 Å². The molecule has 82 valence electrons. The summed E-state index contributed by atoms with van der Waals surface area (Å²) in [6, 6.07) is 0. The van der Waals surface area contributed by atoms with Crippen LogP contribution >= 0.6 is 23.8 Å². The van der Waals surface area contributed by atoms with Crippen molar-refractivity contribution in [3.05, 3.63) is 5.82 Å². The molecule has 0 bridgehead atoms. The van der Waals surface area contributed by atoms with Crippen molar-refractivity contribution in [2.24, 2.45) is 5.73 Å². The second-order valence-corrected chi connectivity index (χ2v) is 4.53. The first-order chi connectivity index (χ1) is 7.16. The van der Waals surface area contributed by atoms with Gasteiger partial charge in [0.2, 0.25) is 5.13 Å². The highest BCUT2D eigenvalue weighted by Crippen LogP contribution is 2.19. The molecule has 2 heterocycles. The van der Waals surface area contributed by atoms with Crippen LogP contribution in [0.25, 0.3) is 0 Å². The van der Waals surface area contributed by atoms with E-state index in [-0.39, 0.29) is 6.10 Å². The molecule has 15 heavy (non-hydrogen) atoms. The smallest absolute Gasteiger partial charge is 0.205 e. The predicted molar refractivity (Wildman–Crippen MR) is 63.4 cm³/mol. The Morgan fingerprint density at radius 1 is 1.73 bits per heavy atom. The van der Waals surface area contributed by atoms with Gasteiger partial charge in [-0.15, -0.1) is 0 Å². The molecule has 1 unspecified atom stereocenters. The predicted octanol–water partition coefficient (Wildman–Crippen LogP) is 0.338. The van der Waals surface area contributed by atoms with Crippen LogP contribution in [0.3, 0.4) is 0 Å². The van der Waals surface area contributed by atoms with E-state index in [1.54, 1.807) is 0 Å². The number of anilines is 1. The van der Waals surface area contributed by atoms with Crippen LogP contribution in [0.15, 0.2) is 0 Å². The van der Waals surface area contributed by atoms with Gasteiger partial charge in [0.1, 0.15) is 16.9 Å². The van der Waals surface area contributed by atoms with Crippen molar-refractivity contribution in [3.63, 3.8) is 0 Å². The van der Waals surface area contributed by atoms with Gasteiger partial charge in [-0.25, -0.2) is 4.98 Å². The Labute approximate surface area is 97.4 Å². The highest BCUT2D eigenvalue weighted by atomic mass is 32.1. The van der Waals surface area contributed by atoms with Crippen molar-refractivity contribution in [2.75, 3.05) is 24.6 Å². The summed E-state index contributed by atoms with van der Waals surface area (Å²) in [6.45, 7) is 3.99. The number of nitrogens with zero attached hydrogens (tertiary/aromatic N) is 3. The molecule has 0 radical (unpaired) electrons. The summed E-state index contributed by atoms with van der Waals surface area (Å²) in [5.41, 5.74) is 5.56. The quantitative estimate of drug-likeness (QED) is 0.757. The highest BCUT2D eigenvalue weighted by molar-refractivity contribution is 7.80. The second-order valence-electron chi connectivity index (χ2n) is 3.33. The molecule has 1 fully saturated rings. The normalized spacial score (nSPS) is 21.7. The Balaban J connectivity index is 2.07. The molecular weight excluding hydrogens is 232 g/mol. The SMILES string of the molecule is Cc1nsc(N2CCOC(C(N)=S)C2)n1. The number of morpholine rings is 1. The molecule has 0 spiro atoms. The maximum atomic E-state index is 5.56. The van der Waals surface area contributed by atoms with E-state index in [2.05, 4.69) is 14.3 Å². The highest BCUT2D eigenvalue weighted by Gasteiger charge is 2.24. The summed E-state index contributed by atoms with van der Waals surface area (Å²) in [7, 11) is 0. The van der Waals surface area contributed by atoms with Crippen molar-refractivity contribution in [1.82, 2.24) is 9.36 Å². The fourth-order valence-corrected chi connectivity index (χ4v) is 2.26. The van der Waals surface area contributed by atoms with E-state index in [4.69, 9.17) is 22.7 Å². The summed E-state index contributed by atoms with van der Waals surface area (Å²) in [6.07, 6.45) is -0.169. The van der Waals surface area contributed by atoms with Gasteiger partial charge in [-0.1, -0.05) is 12.2 Å². The van der Waals surface area contributed by atoms with E-state index < -0.39 is 0 Å². The molecule has 0 saturated carbocycles. The number of aryl methyl sites for hydroxylation is 1. The lowest BCUT2D eigenvalue weighted by Gasteiger charge is -2.31. The average molecular weight is 244 g/mol. The number of nitrogens with two attached hydrogens (primary N) is 1. The van der Waals surface area contributed by atoms with Crippen LogP contribution in [-0.4, -0.2) is 40.1 Å². The minimum atomic E-state index is -0.169. The Hall–Kier alpha value is -0.790. The van der Waals surface area contributed by atoms with E-state index >= 15 is 0 Å². The molecule has 0 aromatic carbocycles. The van der Waals surface area contributed by atoms with E-state index in [1.807, 2.05) is 6.92 Å². The van der Waals surface area contributed by atoms with E-state index in [1.165, 1.54) is 11.5 Å². The Morgan fingerprint density at radius 3 is 3.13 bits per heavy atom. The Kier molecular flexibility index (Phi) is 3.13. The molecule has 7 heteroatoms. The minimum Gasteiger partial charge on any atom is -0.391 e. The molecule has 2 rings (SSSR count). The fourth-order valence-electron chi connectivity index (χ4n) is 1.41. The van der Waals surface area contributed by atoms with Crippen molar-refractivity contribution < 1.29 is 4.74 Å². The zero-order valence-corrected chi connectivity index (χ0v) is 9.98. The van der Waals surface area contributed by atoms with Gasteiger partial charge in [0, 0.05) is 18.1 Å². The van der Waals surface area contributed by atoms with Crippen LogP contribution in [0.2, 0.25) is 0 Å². The first kappa shape index (κ1) is 10.7. The van der Waals surface area contributed by atoms with Gasteiger partial charge >= 0.3 is 0 Å². The summed E-state index contributed by atoms with van der Waals surface area (Å²) < 4.78 is 9.59. The number of rotatable bonds is 2. The Bertz CT molecular complexity index is 367. The monoisotopic (exact) mass is 244 g/mol. The summed E-state index contributed by atoms with van der Waals surface area (Å²) in [5.74, 6) is 0.799. The molecule has 1 aromatic rings. The zero-order chi connectivity index (χ0) is 10.8. The summed E-state index contributed by atoms with van der Waals surface area (Å²) in [5, 5.41) is 0.914. The van der Waals surface area contributed by atoms with Gasteiger partial charge in [0.15, 0.2) is 0 Å². The largest absolute Gasteiger partial charge is 0.391 e. The number of hydrogen-bond donors (Lipinski definition) is 1. The topological polar surface area (TPSA) is 64.3 Å². The van der Waals surface area contributed by atoms with E-state index in [0.717, 1.165) is 17.5 Å². The van der Waals surface area contributed by atoms with Gasteiger partial charge in [-0.05, 0) is 6.92 Å². The number of ether oxygens (including phenoxy) is 1. The first-order valence-corrected chi connectivity index (χ1v) is 5.81. The lowest BCUT2D eigenvalue weighted by Crippen LogP contribution is -2.47. The molecule has 1 saturated heterocycles. The third-order valence-electron chi connectivity index (χ3n) is 2.17. The molecule has 1 aliphatic heterocycles. The van der Waals surface area contributed by atoms with Crippen molar-refractivity contribution in [2.45, 2.75) is 13.0 Å². The van der Waals surface area contributed by atoms with Gasteiger partial charge in [0.05, 0.1) is 13.2 Å². The maximum Gasteiger partial charge on any atom is 0.205 e. The number of aromatic nitrogens is 2.